The van der Waals surface area contributed by atoms with E-state index < -0.39 is 0 Å². The smallest absolute Gasteiger partial charge is 0.254 e. The number of carbonyl (C=O) groups is 1. The Morgan fingerprint density at radius 3 is 3.28 bits per heavy atom. The second-order valence-corrected chi connectivity index (χ2v) is 4.73. The van der Waals surface area contributed by atoms with Crippen LogP contribution in [0.3, 0.4) is 0 Å². The van der Waals surface area contributed by atoms with Crippen molar-refractivity contribution in [2.45, 2.75) is 6.10 Å². The minimum Gasteiger partial charge on any atom is -0.374 e. The van der Waals surface area contributed by atoms with Crippen LogP contribution in [0.5, 0.6) is 0 Å². The van der Waals surface area contributed by atoms with Crippen molar-refractivity contribution >= 4 is 17.5 Å². The summed E-state index contributed by atoms with van der Waals surface area (Å²) in [6.45, 7) is 2.93. The number of nitrogens with zero attached hydrogens (tertiary/aromatic N) is 2. The summed E-state index contributed by atoms with van der Waals surface area (Å²) in [4.78, 5) is 18.0. The third-order valence-electron chi connectivity index (χ3n) is 2.84. The molecule has 1 atom stereocenters. The molecule has 1 saturated heterocycles. The van der Waals surface area contributed by atoms with Gasteiger partial charge in [-0.25, -0.2) is 0 Å². The molecule has 1 unspecified atom stereocenters. The van der Waals surface area contributed by atoms with E-state index in [1.165, 1.54) is 6.20 Å². The van der Waals surface area contributed by atoms with E-state index in [9.17, 15) is 4.79 Å². The second-order valence-electron chi connectivity index (χ2n) is 4.32. The molecule has 1 aliphatic heterocycles. The standard InChI is InChI=1S/C12H16ClN3O2/c1-16-4-5-18-9(8-16)6-15-12(17)10-7-14-3-2-11(10)13/h2-3,7,9H,4-6,8H2,1H3,(H,15,17). The van der Waals surface area contributed by atoms with Crippen LogP contribution >= 0.6 is 11.6 Å². The molecule has 6 heteroatoms. The lowest BCUT2D eigenvalue weighted by molar-refractivity contribution is -0.0175. The Morgan fingerprint density at radius 2 is 2.56 bits per heavy atom. The highest BCUT2D eigenvalue weighted by atomic mass is 35.5. The number of aromatic nitrogens is 1. The van der Waals surface area contributed by atoms with Gasteiger partial charge in [0.05, 0.1) is 23.3 Å². The number of nitrogens with one attached hydrogen (secondary N) is 1. The lowest BCUT2D eigenvalue weighted by atomic mass is 10.2. The van der Waals surface area contributed by atoms with Crippen LogP contribution in [-0.2, 0) is 4.74 Å². The lowest BCUT2D eigenvalue weighted by Crippen LogP contribution is -2.45. The van der Waals surface area contributed by atoms with E-state index in [4.69, 9.17) is 16.3 Å². The third-order valence-corrected chi connectivity index (χ3v) is 3.17. The number of rotatable bonds is 3. The van der Waals surface area contributed by atoms with Gasteiger partial charge in [0.1, 0.15) is 0 Å². The molecule has 0 spiro atoms. The Hall–Kier alpha value is -1.17. The largest absolute Gasteiger partial charge is 0.374 e. The van der Waals surface area contributed by atoms with Crippen molar-refractivity contribution in [1.82, 2.24) is 15.2 Å². The first-order valence-electron chi connectivity index (χ1n) is 5.84. The summed E-state index contributed by atoms with van der Waals surface area (Å²) in [5.74, 6) is -0.218. The molecule has 0 aromatic carbocycles. The topological polar surface area (TPSA) is 54.5 Å². The molecule has 1 N–H and O–H groups in total. The van der Waals surface area contributed by atoms with Crippen molar-refractivity contribution in [3.8, 4) is 0 Å². The molecule has 0 aliphatic carbocycles. The van der Waals surface area contributed by atoms with Gasteiger partial charge in [0.2, 0.25) is 0 Å². The molecule has 1 aromatic rings. The molecule has 18 heavy (non-hydrogen) atoms. The maximum atomic E-state index is 11.9. The number of likely N-dealkylation sites (N-methyl/N-ethyl adjacent to an activating group) is 1. The average Bonchev–Trinajstić information content (AvgIpc) is 2.37. The summed E-state index contributed by atoms with van der Waals surface area (Å²) < 4.78 is 5.56. The van der Waals surface area contributed by atoms with Crippen LogP contribution < -0.4 is 5.32 Å². The number of morpholine rings is 1. The fourth-order valence-corrected chi connectivity index (χ4v) is 2.03. The van der Waals surface area contributed by atoms with Crippen molar-refractivity contribution in [2.75, 3.05) is 33.3 Å². The molecular formula is C12H16ClN3O2. The highest BCUT2D eigenvalue weighted by Crippen LogP contribution is 2.13. The normalized spacial score (nSPS) is 20.7. The Kier molecular flexibility index (Phi) is 4.52. The Morgan fingerprint density at radius 1 is 1.72 bits per heavy atom. The highest BCUT2D eigenvalue weighted by molar-refractivity contribution is 6.33. The van der Waals surface area contributed by atoms with Crippen molar-refractivity contribution in [1.29, 1.82) is 0 Å². The van der Waals surface area contributed by atoms with Gasteiger partial charge in [0.15, 0.2) is 0 Å². The summed E-state index contributed by atoms with van der Waals surface area (Å²) in [5.41, 5.74) is 0.392. The van der Waals surface area contributed by atoms with Crippen molar-refractivity contribution in [2.24, 2.45) is 0 Å². The number of halogens is 1. The average molecular weight is 270 g/mol. The first-order valence-corrected chi connectivity index (χ1v) is 6.22. The summed E-state index contributed by atoms with van der Waals surface area (Å²) in [6, 6.07) is 1.60. The number of carbonyl (C=O) groups excluding carboxylic acids is 1. The van der Waals surface area contributed by atoms with Crippen LogP contribution in [0.25, 0.3) is 0 Å². The highest BCUT2D eigenvalue weighted by Gasteiger charge is 2.19. The number of ether oxygens (including phenoxy) is 1. The predicted octanol–water partition coefficient (Wildman–Crippen LogP) is 0.795. The molecule has 98 valence electrons. The number of hydrogen-bond donors (Lipinski definition) is 1. The molecule has 1 aromatic heterocycles. The summed E-state index contributed by atoms with van der Waals surface area (Å²) in [6.07, 6.45) is 3.05. The van der Waals surface area contributed by atoms with E-state index in [0.29, 0.717) is 23.7 Å². The molecule has 0 saturated carbocycles. The van der Waals surface area contributed by atoms with E-state index in [2.05, 4.69) is 15.2 Å². The first kappa shape index (κ1) is 13.3. The SMILES string of the molecule is CN1CCOC(CNC(=O)c2cnccc2Cl)C1. The Balaban J connectivity index is 1.87. The van der Waals surface area contributed by atoms with Gasteiger partial charge < -0.3 is 15.0 Å². The van der Waals surface area contributed by atoms with Crippen LogP contribution in [0.4, 0.5) is 0 Å². The fourth-order valence-electron chi connectivity index (χ4n) is 1.84. The number of amides is 1. The summed E-state index contributed by atoms with van der Waals surface area (Å²) >= 11 is 5.92. The van der Waals surface area contributed by atoms with E-state index in [-0.39, 0.29) is 12.0 Å². The third kappa shape index (κ3) is 3.41. The van der Waals surface area contributed by atoms with Gasteiger partial charge >= 0.3 is 0 Å². The maximum Gasteiger partial charge on any atom is 0.254 e. The Bertz CT molecular complexity index is 428. The van der Waals surface area contributed by atoms with Crippen LogP contribution in [0, 0.1) is 0 Å². The predicted molar refractivity (Wildman–Crippen MR) is 68.8 cm³/mol. The van der Waals surface area contributed by atoms with Gasteiger partial charge in [-0.05, 0) is 13.1 Å². The van der Waals surface area contributed by atoms with Gasteiger partial charge in [-0.2, -0.15) is 0 Å². The van der Waals surface area contributed by atoms with E-state index in [1.807, 2.05) is 7.05 Å². The van der Waals surface area contributed by atoms with Crippen LogP contribution in [0.2, 0.25) is 5.02 Å². The zero-order valence-corrected chi connectivity index (χ0v) is 11.0. The second kappa shape index (κ2) is 6.13. The lowest BCUT2D eigenvalue weighted by Gasteiger charge is -2.30. The number of pyridine rings is 1. The van der Waals surface area contributed by atoms with Gasteiger partial charge in [-0.1, -0.05) is 11.6 Å². The number of hydrogen-bond acceptors (Lipinski definition) is 4. The van der Waals surface area contributed by atoms with E-state index in [1.54, 1.807) is 12.3 Å². The first-order chi connectivity index (χ1) is 8.66. The van der Waals surface area contributed by atoms with Gasteiger partial charge in [-0.3, -0.25) is 9.78 Å². The molecule has 1 fully saturated rings. The molecule has 2 rings (SSSR count). The zero-order chi connectivity index (χ0) is 13.0. The zero-order valence-electron chi connectivity index (χ0n) is 10.2. The van der Waals surface area contributed by atoms with Crippen molar-refractivity contribution in [3.05, 3.63) is 29.0 Å². The molecule has 1 amide bonds. The maximum absolute atomic E-state index is 11.9. The summed E-state index contributed by atoms with van der Waals surface area (Å²) in [5, 5.41) is 3.22. The van der Waals surface area contributed by atoms with Crippen molar-refractivity contribution in [3.63, 3.8) is 0 Å². The monoisotopic (exact) mass is 269 g/mol. The molecule has 2 heterocycles. The van der Waals surface area contributed by atoms with E-state index >= 15 is 0 Å². The molecule has 1 aliphatic rings. The van der Waals surface area contributed by atoms with Crippen LogP contribution in [-0.4, -0.2) is 55.2 Å². The van der Waals surface area contributed by atoms with Crippen molar-refractivity contribution < 1.29 is 9.53 Å². The van der Waals surface area contributed by atoms with E-state index in [0.717, 1.165) is 13.1 Å². The van der Waals surface area contributed by atoms with Crippen LogP contribution in [0.15, 0.2) is 18.5 Å². The quantitative estimate of drug-likeness (QED) is 0.882. The Labute approximate surface area is 111 Å². The molecule has 0 bridgehead atoms. The summed E-state index contributed by atoms with van der Waals surface area (Å²) in [7, 11) is 2.04. The van der Waals surface area contributed by atoms with Gasteiger partial charge in [-0.15, -0.1) is 0 Å². The van der Waals surface area contributed by atoms with Crippen LogP contribution in [0.1, 0.15) is 10.4 Å². The minimum absolute atomic E-state index is 0.0307. The fraction of sp³-hybridized carbons (Fsp3) is 0.500. The minimum atomic E-state index is -0.218. The molecular weight excluding hydrogens is 254 g/mol. The molecule has 5 nitrogen and oxygen atoms in total. The molecule has 0 radical (unpaired) electrons. The van der Waals surface area contributed by atoms with Gasteiger partial charge in [0.25, 0.3) is 5.91 Å². The van der Waals surface area contributed by atoms with Gasteiger partial charge in [0, 0.05) is 32.0 Å².